The van der Waals surface area contributed by atoms with Gasteiger partial charge in [0.25, 0.3) is 0 Å². The summed E-state index contributed by atoms with van der Waals surface area (Å²) in [6.07, 6.45) is 3.34. The number of imide groups is 1. The Hall–Kier alpha value is -2.13. The van der Waals surface area contributed by atoms with Crippen molar-refractivity contribution in [2.24, 2.45) is 0 Å². The molecule has 154 valence electrons. The second-order valence-electron chi connectivity index (χ2n) is 7.36. The molecule has 0 spiro atoms. The number of amides is 3. The fourth-order valence-corrected chi connectivity index (χ4v) is 5.56. The number of nitrogens with one attached hydrogen (secondary N) is 2. The van der Waals surface area contributed by atoms with Gasteiger partial charge in [-0.2, -0.15) is 0 Å². The second-order valence-corrected chi connectivity index (χ2v) is 9.68. The molecule has 1 saturated carbocycles. The molecule has 3 amide bonds. The van der Waals surface area contributed by atoms with E-state index in [0.29, 0.717) is 25.9 Å². The Bertz CT molecular complexity index is 804. The molecular weight excluding hydrogens is 382 g/mol. The van der Waals surface area contributed by atoms with Crippen LogP contribution in [-0.4, -0.2) is 64.0 Å². The summed E-state index contributed by atoms with van der Waals surface area (Å²) < 4.78 is 29.1. The van der Waals surface area contributed by atoms with Gasteiger partial charge in [-0.3, -0.25) is 0 Å². The smallest absolute Gasteiger partial charge is 0.418 e. The number of hydrogen-bond donors (Lipinski definition) is 2. The van der Waals surface area contributed by atoms with Crippen LogP contribution in [0.5, 0.6) is 0 Å². The average Bonchev–Trinajstić information content (AvgIpc) is 3.11. The molecule has 1 aromatic carbocycles. The van der Waals surface area contributed by atoms with E-state index in [2.05, 4.69) is 10.6 Å². The molecule has 0 atom stereocenters. The first-order valence-corrected chi connectivity index (χ1v) is 11.4. The van der Waals surface area contributed by atoms with Gasteiger partial charge < -0.3 is 15.4 Å². The number of carbonyl (C=O) groups is 2. The first-order chi connectivity index (χ1) is 13.3. The quantitative estimate of drug-likeness (QED) is 0.692. The van der Waals surface area contributed by atoms with E-state index in [-0.39, 0.29) is 19.2 Å². The molecule has 0 unspecified atom stereocenters. The predicted molar refractivity (Wildman–Crippen MR) is 105 cm³/mol. The highest BCUT2D eigenvalue weighted by atomic mass is 32.2. The highest BCUT2D eigenvalue weighted by molar-refractivity contribution is 7.91. The normalized spacial score (nSPS) is 25.4. The van der Waals surface area contributed by atoms with Crippen molar-refractivity contribution in [3.05, 3.63) is 35.9 Å². The summed E-state index contributed by atoms with van der Waals surface area (Å²) in [6.45, 7) is 1.44. The SMILES string of the molecule is CS(=O)(=O)C1(c2ccccc2)CCC(NCCNC(=O)N2CCOC2=O)CC1. The minimum Gasteiger partial charge on any atom is -0.447 e. The van der Waals surface area contributed by atoms with Gasteiger partial charge in [0.2, 0.25) is 0 Å². The van der Waals surface area contributed by atoms with Crippen LogP contribution in [0.4, 0.5) is 9.59 Å². The van der Waals surface area contributed by atoms with E-state index in [0.717, 1.165) is 23.3 Å². The van der Waals surface area contributed by atoms with E-state index in [1.165, 1.54) is 6.26 Å². The van der Waals surface area contributed by atoms with Gasteiger partial charge in [0, 0.05) is 25.4 Å². The van der Waals surface area contributed by atoms with Crippen molar-refractivity contribution in [2.75, 3.05) is 32.5 Å². The van der Waals surface area contributed by atoms with Crippen molar-refractivity contribution < 1.29 is 22.7 Å². The topological polar surface area (TPSA) is 105 Å². The fraction of sp³-hybridized carbons (Fsp3) is 0.579. The van der Waals surface area contributed by atoms with Gasteiger partial charge in [-0.25, -0.2) is 22.9 Å². The highest BCUT2D eigenvalue weighted by Gasteiger charge is 2.45. The summed E-state index contributed by atoms with van der Waals surface area (Å²) in [5.74, 6) is 0. The standard InChI is InChI=1S/C19H27N3O5S/c1-28(25,26)19(15-5-3-2-4-6-15)9-7-16(8-10-19)20-11-12-21-17(23)22-13-14-27-18(22)24/h2-6,16,20H,7-14H2,1H3,(H,21,23). The molecule has 2 aliphatic rings. The molecule has 1 saturated heterocycles. The Balaban J connectivity index is 1.48. The van der Waals surface area contributed by atoms with Crippen molar-refractivity contribution >= 4 is 22.0 Å². The minimum atomic E-state index is -3.25. The van der Waals surface area contributed by atoms with Crippen LogP contribution in [0.2, 0.25) is 0 Å². The number of benzene rings is 1. The molecule has 1 aromatic rings. The van der Waals surface area contributed by atoms with Crippen molar-refractivity contribution in [1.82, 2.24) is 15.5 Å². The zero-order valence-electron chi connectivity index (χ0n) is 16.0. The molecule has 3 rings (SSSR count). The summed E-state index contributed by atoms with van der Waals surface area (Å²) in [5.41, 5.74) is 0.862. The maximum atomic E-state index is 12.6. The van der Waals surface area contributed by atoms with Gasteiger partial charge >= 0.3 is 12.1 Å². The molecule has 2 N–H and O–H groups in total. The van der Waals surface area contributed by atoms with Crippen LogP contribution in [0.25, 0.3) is 0 Å². The molecular formula is C19H27N3O5S. The zero-order chi connectivity index (χ0) is 20.2. The van der Waals surface area contributed by atoms with Crippen molar-refractivity contribution in [1.29, 1.82) is 0 Å². The third-order valence-electron chi connectivity index (χ3n) is 5.64. The largest absolute Gasteiger partial charge is 0.447 e. The minimum absolute atomic E-state index is 0.201. The number of rotatable bonds is 6. The van der Waals surface area contributed by atoms with Crippen LogP contribution in [0.1, 0.15) is 31.2 Å². The molecule has 1 heterocycles. The zero-order valence-corrected chi connectivity index (χ0v) is 16.8. The average molecular weight is 410 g/mol. The molecule has 1 aliphatic carbocycles. The Morgan fingerprint density at radius 3 is 2.46 bits per heavy atom. The summed E-state index contributed by atoms with van der Waals surface area (Å²) in [7, 11) is -3.25. The Morgan fingerprint density at radius 1 is 1.21 bits per heavy atom. The van der Waals surface area contributed by atoms with Gasteiger partial charge in [-0.15, -0.1) is 0 Å². The van der Waals surface area contributed by atoms with Crippen LogP contribution in [0.15, 0.2) is 30.3 Å². The number of urea groups is 1. The van der Waals surface area contributed by atoms with Crippen LogP contribution in [0, 0.1) is 0 Å². The van der Waals surface area contributed by atoms with E-state index < -0.39 is 26.7 Å². The van der Waals surface area contributed by atoms with Crippen molar-refractivity contribution in [3.63, 3.8) is 0 Å². The van der Waals surface area contributed by atoms with Gasteiger partial charge in [-0.05, 0) is 31.2 Å². The monoisotopic (exact) mass is 409 g/mol. The lowest BCUT2D eigenvalue weighted by Gasteiger charge is -2.39. The van der Waals surface area contributed by atoms with Crippen LogP contribution in [-0.2, 0) is 19.3 Å². The third kappa shape index (κ3) is 4.30. The highest BCUT2D eigenvalue weighted by Crippen LogP contribution is 2.43. The summed E-state index contributed by atoms with van der Waals surface area (Å²) in [6, 6.07) is 9.20. The maximum absolute atomic E-state index is 12.6. The Labute approximate surface area is 165 Å². The lowest BCUT2D eigenvalue weighted by Crippen LogP contribution is -2.46. The summed E-state index contributed by atoms with van der Waals surface area (Å²) in [4.78, 5) is 24.3. The fourth-order valence-electron chi connectivity index (χ4n) is 4.02. The molecule has 0 radical (unpaired) electrons. The van der Waals surface area contributed by atoms with E-state index in [4.69, 9.17) is 4.74 Å². The van der Waals surface area contributed by atoms with Gasteiger partial charge in [0.15, 0.2) is 9.84 Å². The van der Waals surface area contributed by atoms with Gasteiger partial charge in [0.1, 0.15) is 6.61 Å². The Kier molecular flexibility index (Phi) is 6.24. The van der Waals surface area contributed by atoms with Crippen LogP contribution >= 0.6 is 0 Å². The van der Waals surface area contributed by atoms with Crippen LogP contribution < -0.4 is 10.6 Å². The lowest BCUT2D eigenvalue weighted by molar-refractivity contribution is 0.158. The molecule has 9 heteroatoms. The van der Waals surface area contributed by atoms with E-state index in [1.807, 2.05) is 30.3 Å². The maximum Gasteiger partial charge on any atom is 0.418 e. The lowest BCUT2D eigenvalue weighted by atomic mass is 9.80. The van der Waals surface area contributed by atoms with E-state index in [1.54, 1.807) is 0 Å². The molecule has 0 bridgehead atoms. The third-order valence-corrected chi connectivity index (χ3v) is 7.71. The predicted octanol–water partition coefficient (Wildman–Crippen LogP) is 1.62. The van der Waals surface area contributed by atoms with Crippen LogP contribution in [0.3, 0.4) is 0 Å². The van der Waals surface area contributed by atoms with E-state index >= 15 is 0 Å². The second kappa shape index (κ2) is 8.48. The first-order valence-electron chi connectivity index (χ1n) is 9.54. The van der Waals surface area contributed by atoms with Crippen molar-refractivity contribution in [3.8, 4) is 0 Å². The number of hydrogen-bond acceptors (Lipinski definition) is 6. The van der Waals surface area contributed by atoms with Crippen molar-refractivity contribution in [2.45, 2.75) is 36.5 Å². The summed E-state index contributed by atoms with van der Waals surface area (Å²) >= 11 is 0. The number of ether oxygens (including phenoxy) is 1. The summed E-state index contributed by atoms with van der Waals surface area (Å²) in [5, 5.41) is 6.06. The van der Waals surface area contributed by atoms with Gasteiger partial charge in [-0.1, -0.05) is 30.3 Å². The molecule has 8 nitrogen and oxygen atoms in total. The first kappa shape index (κ1) is 20.6. The Morgan fingerprint density at radius 2 is 1.89 bits per heavy atom. The number of carbonyl (C=O) groups excluding carboxylic acids is 2. The molecule has 1 aliphatic heterocycles. The molecule has 0 aromatic heterocycles. The number of sulfone groups is 1. The van der Waals surface area contributed by atoms with E-state index in [9.17, 15) is 18.0 Å². The number of cyclic esters (lactones) is 1. The van der Waals surface area contributed by atoms with Gasteiger partial charge in [0.05, 0.1) is 11.3 Å². The number of nitrogens with zero attached hydrogens (tertiary/aromatic N) is 1. The molecule has 28 heavy (non-hydrogen) atoms. The molecule has 2 fully saturated rings.